The van der Waals surface area contributed by atoms with Gasteiger partial charge in [0.15, 0.2) is 0 Å². The molecule has 0 aromatic heterocycles. The summed E-state index contributed by atoms with van der Waals surface area (Å²) in [7, 11) is 0. The van der Waals surface area contributed by atoms with Gasteiger partial charge < -0.3 is 10.4 Å². The predicted molar refractivity (Wildman–Crippen MR) is 97.3 cm³/mol. The Morgan fingerprint density at radius 3 is 1.77 bits per heavy atom. The van der Waals surface area contributed by atoms with Crippen LogP contribution >= 0.6 is 0 Å². The number of unbranched alkanes of at least 4 members (excludes halogenated alkanes) is 12. The minimum Gasteiger partial charge on any atom is -0.392 e. The average Bonchev–Trinajstić information content (AvgIpc) is 3.06. The number of aliphatic hydroxyl groups excluding tert-OH is 1. The lowest BCUT2D eigenvalue weighted by molar-refractivity contribution is 0.123. The van der Waals surface area contributed by atoms with E-state index < -0.39 is 0 Å². The van der Waals surface area contributed by atoms with Crippen molar-refractivity contribution in [1.82, 2.24) is 5.32 Å². The molecule has 0 bridgehead atoms. The maximum atomic E-state index is 10.1. The molecular weight excluding hydrogens is 270 g/mol. The molecule has 1 saturated heterocycles. The van der Waals surface area contributed by atoms with Gasteiger partial charge in [-0.25, -0.2) is 0 Å². The van der Waals surface area contributed by atoms with Crippen LogP contribution in [0, 0.1) is 0 Å². The van der Waals surface area contributed by atoms with E-state index in [1.54, 1.807) is 0 Å². The number of nitrogens with one attached hydrogen (secondary N) is 1. The third-order valence-corrected chi connectivity index (χ3v) is 5.17. The van der Waals surface area contributed by atoms with Gasteiger partial charge in [-0.3, -0.25) is 0 Å². The summed E-state index contributed by atoms with van der Waals surface area (Å²) in [5.41, 5.74) is 0. The molecule has 0 aromatic rings. The smallest absolute Gasteiger partial charge is 0.0693 e. The van der Waals surface area contributed by atoms with E-state index in [9.17, 15) is 5.11 Å². The molecule has 1 aliphatic heterocycles. The molecule has 1 fully saturated rings. The van der Waals surface area contributed by atoms with Gasteiger partial charge in [0.2, 0.25) is 0 Å². The van der Waals surface area contributed by atoms with Crippen molar-refractivity contribution in [3.63, 3.8) is 0 Å². The highest BCUT2D eigenvalue weighted by atomic mass is 16.3. The molecule has 2 nitrogen and oxygen atoms in total. The molecule has 1 heterocycles. The zero-order valence-corrected chi connectivity index (χ0v) is 15.1. The standard InChI is InChI=1S/C20H41NO/c1-2-3-4-5-6-7-8-9-10-11-12-13-14-17-20(22)19-16-15-18-21-19/h19-22H,2-18H2,1H3. The Morgan fingerprint density at radius 1 is 0.818 bits per heavy atom. The van der Waals surface area contributed by atoms with Gasteiger partial charge in [0.1, 0.15) is 0 Å². The molecule has 0 amide bonds. The van der Waals surface area contributed by atoms with Crippen LogP contribution in [-0.4, -0.2) is 23.8 Å². The maximum Gasteiger partial charge on any atom is 0.0693 e. The largest absolute Gasteiger partial charge is 0.392 e. The van der Waals surface area contributed by atoms with E-state index in [1.807, 2.05) is 0 Å². The Bertz CT molecular complexity index is 226. The molecule has 0 aliphatic carbocycles. The molecule has 2 unspecified atom stereocenters. The number of aliphatic hydroxyl groups is 1. The summed E-state index contributed by atoms with van der Waals surface area (Å²) in [5, 5.41) is 13.5. The minimum atomic E-state index is -0.102. The summed E-state index contributed by atoms with van der Waals surface area (Å²) < 4.78 is 0. The molecule has 2 N–H and O–H groups in total. The first kappa shape index (κ1) is 20.0. The molecule has 2 heteroatoms. The van der Waals surface area contributed by atoms with Crippen molar-refractivity contribution in [2.24, 2.45) is 0 Å². The van der Waals surface area contributed by atoms with Gasteiger partial charge in [-0.1, -0.05) is 90.4 Å². The lowest BCUT2D eigenvalue weighted by Crippen LogP contribution is -2.34. The van der Waals surface area contributed by atoms with Gasteiger partial charge in [-0.2, -0.15) is 0 Å². The maximum absolute atomic E-state index is 10.1. The van der Waals surface area contributed by atoms with Crippen LogP contribution in [0.3, 0.4) is 0 Å². The molecule has 2 atom stereocenters. The van der Waals surface area contributed by atoms with Gasteiger partial charge in [0, 0.05) is 6.04 Å². The Balaban J connectivity index is 1.72. The summed E-state index contributed by atoms with van der Waals surface area (Å²) in [6.07, 6.45) is 21.4. The summed E-state index contributed by atoms with van der Waals surface area (Å²) >= 11 is 0. The first-order valence-electron chi connectivity index (χ1n) is 10.3. The highest BCUT2D eigenvalue weighted by Crippen LogP contribution is 2.16. The zero-order chi connectivity index (χ0) is 15.9. The van der Waals surface area contributed by atoms with E-state index >= 15 is 0 Å². The summed E-state index contributed by atoms with van der Waals surface area (Å²) in [5.74, 6) is 0. The fraction of sp³-hybridized carbons (Fsp3) is 1.00. The van der Waals surface area contributed by atoms with Crippen LogP contribution in [0.1, 0.15) is 110 Å². The third-order valence-electron chi connectivity index (χ3n) is 5.17. The summed E-state index contributed by atoms with van der Waals surface area (Å²) in [6, 6.07) is 0.386. The highest BCUT2D eigenvalue weighted by molar-refractivity contribution is 4.80. The van der Waals surface area contributed by atoms with Gasteiger partial charge in [-0.05, 0) is 25.8 Å². The Hall–Kier alpha value is -0.0800. The van der Waals surface area contributed by atoms with Crippen LogP contribution in [0.25, 0.3) is 0 Å². The molecule has 1 rings (SSSR count). The van der Waals surface area contributed by atoms with E-state index in [0.29, 0.717) is 6.04 Å². The van der Waals surface area contributed by atoms with Crippen molar-refractivity contribution in [3.05, 3.63) is 0 Å². The number of hydrogen-bond acceptors (Lipinski definition) is 2. The molecule has 0 spiro atoms. The van der Waals surface area contributed by atoms with Crippen LogP contribution in [0.5, 0.6) is 0 Å². The van der Waals surface area contributed by atoms with Crippen molar-refractivity contribution in [2.75, 3.05) is 6.54 Å². The first-order valence-corrected chi connectivity index (χ1v) is 10.3. The fourth-order valence-corrected chi connectivity index (χ4v) is 3.61. The molecular formula is C20H41NO. The molecule has 0 saturated carbocycles. The predicted octanol–water partition coefficient (Wildman–Crippen LogP) is 5.58. The molecule has 22 heavy (non-hydrogen) atoms. The van der Waals surface area contributed by atoms with E-state index in [0.717, 1.165) is 13.0 Å². The minimum absolute atomic E-state index is 0.102. The van der Waals surface area contributed by atoms with E-state index in [1.165, 1.54) is 96.3 Å². The van der Waals surface area contributed by atoms with Crippen molar-refractivity contribution in [2.45, 2.75) is 122 Å². The SMILES string of the molecule is CCCCCCCCCCCCCCCC(O)C1CCCN1. The molecule has 132 valence electrons. The van der Waals surface area contributed by atoms with Crippen LogP contribution in [0.15, 0.2) is 0 Å². The van der Waals surface area contributed by atoms with Crippen LogP contribution in [-0.2, 0) is 0 Å². The topological polar surface area (TPSA) is 32.3 Å². The van der Waals surface area contributed by atoms with Gasteiger partial charge in [0.05, 0.1) is 6.10 Å². The van der Waals surface area contributed by atoms with Crippen LogP contribution in [0.2, 0.25) is 0 Å². The lowest BCUT2D eigenvalue weighted by Gasteiger charge is -2.17. The van der Waals surface area contributed by atoms with Crippen LogP contribution in [0.4, 0.5) is 0 Å². The highest BCUT2D eigenvalue weighted by Gasteiger charge is 2.21. The Labute approximate surface area is 139 Å². The van der Waals surface area contributed by atoms with E-state index in [2.05, 4.69) is 12.2 Å². The lowest BCUT2D eigenvalue weighted by atomic mass is 10.0. The summed E-state index contributed by atoms with van der Waals surface area (Å²) in [4.78, 5) is 0. The second-order valence-electron chi connectivity index (χ2n) is 7.30. The zero-order valence-electron chi connectivity index (χ0n) is 15.1. The normalized spacial score (nSPS) is 19.6. The number of rotatable bonds is 15. The quantitative estimate of drug-likeness (QED) is 0.387. The van der Waals surface area contributed by atoms with Crippen molar-refractivity contribution >= 4 is 0 Å². The summed E-state index contributed by atoms with van der Waals surface area (Å²) in [6.45, 7) is 3.38. The molecule has 1 aliphatic rings. The third kappa shape index (κ3) is 10.6. The Kier molecular flexibility index (Phi) is 13.2. The fourth-order valence-electron chi connectivity index (χ4n) is 3.61. The van der Waals surface area contributed by atoms with Crippen molar-refractivity contribution in [1.29, 1.82) is 0 Å². The van der Waals surface area contributed by atoms with Crippen molar-refractivity contribution in [3.8, 4) is 0 Å². The average molecular weight is 312 g/mol. The van der Waals surface area contributed by atoms with Crippen LogP contribution < -0.4 is 5.32 Å². The number of hydrogen-bond donors (Lipinski definition) is 2. The second kappa shape index (κ2) is 14.5. The van der Waals surface area contributed by atoms with E-state index in [4.69, 9.17) is 0 Å². The monoisotopic (exact) mass is 311 g/mol. The van der Waals surface area contributed by atoms with Gasteiger partial charge in [-0.15, -0.1) is 0 Å². The van der Waals surface area contributed by atoms with Gasteiger partial charge >= 0.3 is 0 Å². The van der Waals surface area contributed by atoms with Gasteiger partial charge in [0.25, 0.3) is 0 Å². The molecule has 0 aromatic carbocycles. The van der Waals surface area contributed by atoms with E-state index in [-0.39, 0.29) is 6.10 Å². The second-order valence-corrected chi connectivity index (χ2v) is 7.30. The molecule has 0 radical (unpaired) electrons. The van der Waals surface area contributed by atoms with Crippen molar-refractivity contribution < 1.29 is 5.11 Å². The Morgan fingerprint density at radius 2 is 1.32 bits per heavy atom. The first-order chi connectivity index (χ1) is 10.8.